The zero-order chi connectivity index (χ0) is 12.3. The molecule has 0 saturated carbocycles. The molecule has 4 heteroatoms. The average Bonchev–Trinajstić information content (AvgIpc) is 2.94. The second kappa shape index (κ2) is 5.35. The van der Waals surface area contributed by atoms with Crippen molar-refractivity contribution >= 4 is 17.2 Å². The largest absolute Gasteiger partial charge is 0.338 e. The molecule has 0 spiro atoms. The molecule has 1 saturated heterocycles. The lowest BCUT2D eigenvalue weighted by atomic mass is 10.2. The summed E-state index contributed by atoms with van der Waals surface area (Å²) in [6.07, 6.45) is 1.11. The number of nitrogens with two attached hydrogens (primary N) is 1. The Hall–Kier alpha value is -1.31. The highest BCUT2D eigenvalue weighted by atomic mass is 32.1. The van der Waals surface area contributed by atoms with Crippen LogP contribution in [0, 0.1) is 17.8 Å². The molecule has 0 bridgehead atoms. The van der Waals surface area contributed by atoms with Gasteiger partial charge in [0.1, 0.15) is 0 Å². The fourth-order valence-corrected chi connectivity index (χ4v) is 2.78. The minimum absolute atomic E-state index is 0.139. The van der Waals surface area contributed by atoms with E-state index < -0.39 is 0 Å². The lowest BCUT2D eigenvalue weighted by Gasteiger charge is -2.14. The molecule has 1 unspecified atom stereocenters. The van der Waals surface area contributed by atoms with Gasteiger partial charge in [-0.15, -0.1) is 11.3 Å². The smallest absolute Gasteiger partial charge is 0.263 e. The van der Waals surface area contributed by atoms with E-state index in [1.165, 1.54) is 11.3 Å². The molecule has 1 aromatic heterocycles. The summed E-state index contributed by atoms with van der Waals surface area (Å²) in [5, 5.41) is 0. The lowest BCUT2D eigenvalue weighted by Crippen LogP contribution is -2.27. The van der Waals surface area contributed by atoms with E-state index in [9.17, 15) is 4.79 Å². The number of rotatable bonds is 1. The molecule has 1 aromatic rings. The maximum atomic E-state index is 12.1. The monoisotopic (exact) mass is 248 g/mol. The summed E-state index contributed by atoms with van der Waals surface area (Å²) in [5.74, 6) is 6.51. The maximum absolute atomic E-state index is 12.1. The highest BCUT2D eigenvalue weighted by molar-refractivity contribution is 7.14. The Morgan fingerprint density at radius 3 is 3.12 bits per heavy atom. The van der Waals surface area contributed by atoms with Gasteiger partial charge in [0, 0.05) is 13.1 Å². The molecule has 2 rings (SSSR count). The Kier molecular flexibility index (Phi) is 3.82. The molecule has 2 heterocycles. The minimum Gasteiger partial charge on any atom is -0.338 e. The van der Waals surface area contributed by atoms with Crippen LogP contribution < -0.4 is 5.73 Å². The molecule has 17 heavy (non-hydrogen) atoms. The van der Waals surface area contributed by atoms with Gasteiger partial charge in [0.25, 0.3) is 5.91 Å². The van der Waals surface area contributed by atoms with Crippen molar-refractivity contribution in [2.75, 3.05) is 19.6 Å². The predicted molar refractivity (Wildman–Crippen MR) is 69.9 cm³/mol. The minimum atomic E-state index is 0.139. The third-order valence-electron chi connectivity index (χ3n) is 2.84. The number of carbonyl (C=O) groups excluding carboxylic acids is 1. The second-order valence-electron chi connectivity index (χ2n) is 4.31. The summed E-state index contributed by atoms with van der Waals surface area (Å²) in [6.45, 7) is 4.28. The van der Waals surface area contributed by atoms with Gasteiger partial charge >= 0.3 is 0 Å². The van der Waals surface area contributed by atoms with Gasteiger partial charge in [-0.3, -0.25) is 4.79 Å². The Morgan fingerprint density at radius 2 is 2.47 bits per heavy atom. The zero-order valence-corrected chi connectivity index (χ0v) is 10.7. The highest BCUT2D eigenvalue weighted by Crippen LogP contribution is 2.22. The van der Waals surface area contributed by atoms with Crippen molar-refractivity contribution in [3.63, 3.8) is 0 Å². The molecule has 3 nitrogen and oxygen atoms in total. The van der Waals surface area contributed by atoms with Crippen LogP contribution in [0.4, 0.5) is 0 Å². The first kappa shape index (κ1) is 12.2. The van der Waals surface area contributed by atoms with Gasteiger partial charge in [-0.05, 0) is 24.5 Å². The van der Waals surface area contributed by atoms with Gasteiger partial charge in [0.05, 0.1) is 16.3 Å². The summed E-state index contributed by atoms with van der Waals surface area (Å²) in [7, 11) is 0. The number of amides is 1. The number of carbonyl (C=O) groups is 1. The zero-order valence-electron chi connectivity index (χ0n) is 9.90. The maximum Gasteiger partial charge on any atom is 0.263 e. The van der Waals surface area contributed by atoms with Crippen LogP contribution in [0.1, 0.15) is 27.9 Å². The van der Waals surface area contributed by atoms with E-state index in [4.69, 9.17) is 5.73 Å². The van der Waals surface area contributed by atoms with E-state index in [0.717, 1.165) is 29.3 Å². The molecular weight excluding hydrogens is 232 g/mol. The van der Waals surface area contributed by atoms with Crippen molar-refractivity contribution in [2.45, 2.75) is 13.3 Å². The first-order valence-electron chi connectivity index (χ1n) is 5.78. The number of thiophene rings is 1. The summed E-state index contributed by atoms with van der Waals surface area (Å²) >= 11 is 1.45. The standard InChI is InChI=1S/C13H16N2OS/c1-10-6-8-15(9-10)13(16)12-5-4-11(17-12)3-2-7-14/h4-5,10H,6-9,14H2,1H3. The van der Waals surface area contributed by atoms with Crippen LogP contribution in [0.15, 0.2) is 12.1 Å². The van der Waals surface area contributed by atoms with Gasteiger partial charge in [-0.25, -0.2) is 0 Å². The number of nitrogens with zero attached hydrogens (tertiary/aromatic N) is 1. The predicted octanol–water partition coefficient (Wildman–Crippen LogP) is 1.54. The van der Waals surface area contributed by atoms with Gasteiger partial charge in [-0.1, -0.05) is 18.8 Å². The van der Waals surface area contributed by atoms with E-state index in [0.29, 0.717) is 12.5 Å². The van der Waals surface area contributed by atoms with Crippen molar-refractivity contribution in [1.82, 2.24) is 4.90 Å². The average molecular weight is 248 g/mol. The third-order valence-corrected chi connectivity index (χ3v) is 3.83. The summed E-state index contributed by atoms with van der Waals surface area (Å²) in [5.41, 5.74) is 5.31. The molecule has 1 fully saturated rings. The van der Waals surface area contributed by atoms with E-state index >= 15 is 0 Å². The van der Waals surface area contributed by atoms with Crippen molar-refractivity contribution in [1.29, 1.82) is 0 Å². The van der Waals surface area contributed by atoms with E-state index in [1.807, 2.05) is 17.0 Å². The molecule has 0 radical (unpaired) electrons. The number of likely N-dealkylation sites (tertiary alicyclic amines) is 1. The van der Waals surface area contributed by atoms with Crippen molar-refractivity contribution in [3.05, 3.63) is 21.9 Å². The normalized spacial score (nSPS) is 18.9. The van der Waals surface area contributed by atoms with Gasteiger partial charge in [-0.2, -0.15) is 0 Å². The second-order valence-corrected chi connectivity index (χ2v) is 5.40. The van der Waals surface area contributed by atoms with Crippen LogP contribution in [0.5, 0.6) is 0 Å². The van der Waals surface area contributed by atoms with Crippen LogP contribution >= 0.6 is 11.3 Å². The molecule has 0 aromatic carbocycles. The molecular formula is C13H16N2OS. The molecule has 2 N–H and O–H groups in total. The lowest BCUT2D eigenvalue weighted by molar-refractivity contribution is 0.0793. The Labute approximate surface area is 106 Å². The summed E-state index contributed by atoms with van der Waals surface area (Å²) in [6, 6.07) is 3.75. The topological polar surface area (TPSA) is 46.3 Å². The Bertz CT molecular complexity index is 469. The van der Waals surface area contributed by atoms with Crippen molar-refractivity contribution in [3.8, 4) is 11.8 Å². The number of hydrogen-bond donors (Lipinski definition) is 1. The number of hydrogen-bond acceptors (Lipinski definition) is 3. The molecule has 1 aliphatic heterocycles. The fraction of sp³-hybridized carbons (Fsp3) is 0.462. The Morgan fingerprint density at radius 1 is 1.65 bits per heavy atom. The van der Waals surface area contributed by atoms with Crippen LogP contribution in [0.3, 0.4) is 0 Å². The quantitative estimate of drug-likeness (QED) is 0.766. The van der Waals surface area contributed by atoms with Crippen LogP contribution in [-0.4, -0.2) is 30.4 Å². The molecule has 90 valence electrons. The van der Waals surface area contributed by atoms with Crippen LogP contribution in [0.2, 0.25) is 0 Å². The molecule has 1 aliphatic rings. The van der Waals surface area contributed by atoms with Crippen molar-refractivity contribution in [2.24, 2.45) is 11.7 Å². The molecule has 1 atom stereocenters. The summed E-state index contributed by atoms with van der Waals surface area (Å²) in [4.78, 5) is 15.8. The SMILES string of the molecule is CC1CCN(C(=O)c2ccc(C#CCN)s2)C1. The van der Waals surface area contributed by atoms with Gasteiger partial charge in [0.2, 0.25) is 0 Å². The van der Waals surface area contributed by atoms with Crippen LogP contribution in [-0.2, 0) is 0 Å². The van der Waals surface area contributed by atoms with E-state index in [2.05, 4.69) is 18.8 Å². The first-order chi connectivity index (χ1) is 8.20. The van der Waals surface area contributed by atoms with Crippen molar-refractivity contribution < 1.29 is 4.79 Å². The molecule has 1 amide bonds. The highest BCUT2D eigenvalue weighted by Gasteiger charge is 2.24. The molecule has 0 aliphatic carbocycles. The van der Waals surface area contributed by atoms with E-state index in [-0.39, 0.29) is 5.91 Å². The first-order valence-corrected chi connectivity index (χ1v) is 6.60. The van der Waals surface area contributed by atoms with Gasteiger partial charge < -0.3 is 10.6 Å². The Balaban J connectivity index is 2.07. The fourth-order valence-electron chi connectivity index (χ4n) is 1.93. The van der Waals surface area contributed by atoms with Crippen LogP contribution in [0.25, 0.3) is 0 Å². The van der Waals surface area contributed by atoms with Gasteiger partial charge in [0.15, 0.2) is 0 Å². The van der Waals surface area contributed by atoms with E-state index in [1.54, 1.807) is 0 Å². The summed E-state index contributed by atoms with van der Waals surface area (Å²) < 4.78 is 0. The third kappa shape index (κ3) is 2.87.